The molecular weight excluding hydrogens is 312 g/mol. The number of urea groups is 1. The highest BCUT2D eigenvalue weighted by atomic mass is 79.9. The number of nitrogens with one attached hydrogen (secondary N) is 2. The molecule has 0 aliphatic heterocycles. The number of halogens is 1. The lowest BCUT2D eigenvalue weighted by atomic mass is 10.2. The Hall–Kier alpha value is -1.56. The summed E-state index contributed by atoms with van der Waals surface area (Å²) in [6, 6.07) is 4.10. The number of amides is 2. The molecule has 0 radical (unpaired) electrons. The first kappa shape index (κ1) is 15.5. The molecule has 19 heavy (non-hydrogen) atoms. The molecule has 104 valence electrons. The number of hydrogen-bond donors (Lipinski definition) is 3. The van der Waals surface area contributed by atoms with Crippen molar-refractivity contribution in [2.24, 2.45) is 0 Å². The van der Waals surface area contributed by atoms with Crippen molar-refractivity contribution in [2.45, 2.75) is 32.7 Å². The highest BCUT2D eigenvalue weighted by Crippen LogP contribution is 2.23. The number of anilines is 1. The van der Waals surface area contributed by atoms with Gasteiger partial charge in [0.25, 0.3) is 0 Å². The first-order valence-corrected chi connectivity index (χ1v) is 6.79. The van der Waals surface area contributed by atoms with Crippen molar-refractivity contribution in [1.29, 1.82) is 0 Å². The Kier molecular flexibility index (Phi) is 5.82. The molecule has 0 saturated heterocycles. The number of benzene rings is 1. The first-order valence-electron chi connectivity index (χ1n) is 6.00. The molecule has 1 aromatic rings. The summed E-state index contributed by atoms with van der Waals surface area (Å²) >= 11 is 3.34. The Labute approximate surface area is 120 Å². The Bertz CT molecular complexity index is 477. The zero-order valence-corrected chi connectivity index (χ0v) is 12.5. The first-order chi connectivity index (χ1) is 8.93. The van der Waals surface area contributed by atoms with Crippen molar-refractivity contribution in [1.82, 2.24) is 5.32 Å². The molecule has 0 saturated carbocycles. The van der Waals surface area contributed by atoms with E-state index in [1.807, 2.05) is 26.0 Å². The van der Waals surface area contributed by atoms with Gasteiger partial charge in [0.15, 0.2) is 0 Å². The van der Waals surface area contributed by atoms with Crippen molar-refractivity contribution in [3.8, 4) is 0 Å². The molecule has 0 aliphatic carbocycles. The van der Waals surface area contributed by atoms with Crippen molar-refractivity contribution in [2.75, 3.05) is 5.32 Å². The summed E-state index contributed by atoms with van der Waals surface area (Å²) in [5, 5.41) is 14.0. The number of carboxylic acids is 1. The predicted molar refractivity (Wildman–Crippen MR) is 77.4 cm³/mol. The second-order valence-electron chi connectivity index (χ2n) is 4.26. The number of carboxylic acid groups (broad SMARTS) is 1. The lowest BCUT2D eigenvalue weighted by Crippen LogP contribution is -2.42. The number of aliphatic carboxylic acids is 1. The van der Waals surface area contributed by atoms with Crippen molar-refractivity contribution >= 4 is 33.6 Å². The van der Waals surface area contributed by atoms with Gasteiger partial charge in [-0.2, -0.15) is 0 Å². The van der Waals surface area contributed by atoms with Crippen LogP contribution in [-0.2, 0) is 4.79 Å². The Morgan fingerprint density at radius 2 is 2.11 bits per heavy atom. The maximum atomic E-state index is 11.7. The fraction of sp³-hybridized carbons (Fsp3) is 0.385. The standard InChI is InChI=1S/C13H17BrN2O3/c1-3-4-11(12(17)18)16-13(19)15-10-6-5-8(2)7-9(10)14/h5-7,11H,3-4H2,1-2H3,(H,17,18)(H2,15,16,19)/t11-/m1/s1. The lowest BCUT2D eigenvalue weighted by molar-refractivity contribution is -0.139. The average Bonchev–Trinajstić information content (AvgIpc) is 2.32. The molecule has 3 N–H and O–H groups in total. The number of hydrogen-bond acceptors (Lipinski definition) is 2. The number of rotatable bonds is 5. The van der Waals surface area contributed by atoms with Crippen molar-refractivity contribution in [3.05, 3.63) is 28.2 Å². The maximum Gasteiger partial charge on any atom is 0.326 e. The Morgan fingerprint density at radius 3 is 2.63 bits per heavy atom. The van der Waals surface area contributed by atoms with E-state index in [1.54, 1.807) is 6.07 Å². The molecule has 6 heteroatoms. The quantitative estimate of drug-likeness (QED) is 0.776. The summed E-state index contributed by atoms with van der Waals surface area (Å²) < 4.78 is 0.755. The van der Waals surface area contributed by atoms with Gasteiger partial charge in [-0.15, -0.1) is 0 Å². The summed E-state index contributed by atoms with van der Waals surface area (Å²) in [4.78, 5) is 22.7. The molecule has 5 nitrogen and oxygen atoms in total. The zero-order valence-electron chi connectivity index (χ0n) is 10.9. The lowest BCUT2D eigenvalue weighted by Gasteiger charge is -2.15. The Balaban J connectivity index is 2.66. The minimum absolute atomic E-state index is 0.401. The minimum atomic E-state index is -1.03. The second-order valence-corrected chi connectivity index (χ2v) is 5.12. The second kappa shape index (κ2) is 7.13. The van der Waals surface area contributed by atoms with Crippen molar-refractivity contribution < 1.29 is 14.7 Å². The molecule has 0 fully saturated rings. The van der Waals surface area contributed by atoms with Crippen LogP contribution in [-0.4, -0.2) is 23.1 Å². The van der Waals surface area contributed by atoms with Gasteiger partial charge in [0.2, 0.25) is 0 Å². The summed E-state index contributed by atoms with van der Waals surface area (Å²) in [5.74, 6) is -1.03. The summed E-state index contributed by atoms with van der Waals surface area (Å²) in [7, 11) is 0. The van der Waals surface area contributed by atoms with E-state index in [1.165, 1.54) is 0 Å². The molecule has 0 spiro atoms. The average molecular weight is 329 g/mol. The van der Waals surface area contributed by atoms with Crippen LogP contribution >= 0.6 is 15.9 Å². The van der Waals surface area contributed by atoms with E-state index in [9.17, 15) is 9.59 Å². The van der Waals surface area contributed by atoms with Crippen molar-refractivity contribution in [3.63, 3.8) is 0 Å². The third kappa shape index (κ3) is 4.90. The topological polar surface area (TPSA) is 78.4 Å². The summed E-state index contributed by atoms with van der Waals surface area (Å²) in [5.41, 5.74) is 1.66. The van der Waals surface area contributed by atoms with Crippen LogP contribution in [0.1, 0.15) is 25.3 Å². The highest BCUT2D eigenvalue weighted by Gasteiger charge is 2.18. The van der Waals surface area contributed by atoms with Gasteiger partial charge in [-0.05, 0) is 47.0 Å². The molecule has 1 rings (SSSR count). The van der Waals surface area contributed by atoms with Gasteiger partial charge in [0.05, 0.1) is 5.69 Å². The van der Waals surface area contributed by atoms with Crippen LogP contribution in [0, 0.1) is 6.92 Å². The fourth-order valence-electron chi connectivity index (χ4n) is 1.58. The van der Waals surface area contributed by atoms with E-state index in [2.05, 4.69) is 26.6 Å². The monoisotopic (exact) mass is 328 g/mol. The van der Waals surface area contributed by atoms with E-state index in [4.69, 9.17) is 5.11 Å². The van der Waals surface area contributed by atoms with Crippen LogP contribution in [0.3, 0.4) is 0 Å². The predicted octanol–water partition coefficient (Wildman–Crippen LogP) is 3.13. The SMILES string of the molecule is CCC[C@@H](NC(=O)Nc1ccc(C)cc1Br)C(=O)O. The molecule has 1 aromatic carbocycles. The number of carbonyl (C=O) groups is 2. The third-order valence-electron chi connectivity index (χ3n) is 2.55. The molecule has 0 heterocycles. The summed E-state index contributed by atoms with van der Waals surface area (Å²) in [6.07, 6.45) is 1.09. The molecule has 0 aromatic heterocycles. The number of carbonyl (C=O) groups excluding carboxylic acids is 1. The van der Waals surface area contributed by atoms with E-state index >= 15 is 0 Å². The largest absolute Gasteiger partial charge is 0.480 e. The van der Waals surface area contributed by atoms with Crippen LogP contribution in [0.25, 0.3) is 0 Å². The van der Waals surface area contributed by atoms with Gasteiger partial charge >= 0.3 is 12.0 Å². The smallest absolute Gasteiger partial charge is 0.326 e. The van der Waals surface area contributed by atoms with Gasteiger partial charge in [-0.3, -0.25) is 0 Å². The minimum Gasteiger partial charge on any atom is -0.480 e. The third-order valence-corrected chi connectivity index (χ3v) is 3.21. The van der Waals surface area contributed by atoms with Gasteiger partial charge in [0, 0.05) is 4.47 Å². The van der Waals surface area contributed by atoms with E-state index in [0.29, 0.717) is 18.5 Å². The molecule has 0 aliphatic rings. The van der Waals surface area contributed by atoms with Crippen LogP contribution in [0.5, 0.6) is 0 Å². The van der Waals surface area contributed by atoms with Gasteiger partial charge in [-0.25, -0.2) is 9.59 Å². The van der Waals surface area contributed by atoms with Gasteiger partial charge in [-0.1, -0.05) is 19.4 Å². The van der Waals surface area contributed by atoms with Crippen LogP contribution in [0.15, 0.2) is 22.7 Å². The van der Waals surface area contributed by atoms with Crippen LogP contribution < -0.4 is 10.6 Å². The van der Waals surface area contributed by atoms with E-state index in [0.717, 1.165) is 10.0 Å². The van der Waals surface area contributed by atoms with E-state index in [-0.39, 0.29) is 0 Å². The zero-order chi connectivity index (χ0) is 14.4. The fourth-order valence-corrected chi connectivity index (χ4v) is 2.18. The number of aryl methyl sites for hydroxylation is 1. The van der Waals surface area contributed by atoms with Crippen LogP contribution in [0.2, 0.25) is 0 Å². The highest BCUT2D eigenvalue weighted by molar-refractivity contribution is 9.10. The van der Waals surface area contributed by atoms with Crippen LogP contribution in [0.4, 0.5) is 10.5 Å². The Morgan fingerprint density at radius 1 is 1.42 bits per heavy atom. The van der Waals surface area contributed by atoms with Gasteiger partial charge in [0.1, 0.15) is 6.04 Å². The molecule has 2 amide bonds. The maximum absolute atomic E-state index is 11.7. The summed E-state index contributed by atoms with van der Waals surface area (Å²) in [6.45, 7) is 3.81. The molecule has 1 atom stereocenters. The van der Waals surface area contributed by atoms with Gasteiger partial charge < -0.3 is 15.7 Å². The molecule has 0 unspecified atom stereocenters. The van der Waals surface area contributed by atoms with E-state index < -0.39 is 18.0 Å². The normalized spacial score (nSPS) is 11.7. The molecule has 0 bridgehead atoms. The molecular formula is C13H17BrN2O3.